The van der Waals surface area contributed by atoms with Crippen molar-refractivity contribution in [1.29, 1.82) is 0 Å². The van der Waals surface area contributed by atoms with E-state index < -0.39 is 0 Å². The Morgan fingerprint density at radius 2 is 1.92 bits per heavy atom. The predicted octanol–water partition coefficient (Wildman–Crippen LogP) is 3.72. The van der Waals surface area contributed by atoms with Gasteiger partial charge in [-0.15, -0.1) is 6.58 Å². The number of hydrogen-bond donors (Lipinski definition) is 0. The van der Waals surface area contributed by atoms with Crippen LogP contribution in [-0.4, -0.2) is 0 Å². The summed E-state index contributed by atoms with van der Waals surface area (Å²) in [5.74, 6) is 1.29. The van der Waals surface area contributed by atoms with E-state index in [0.717, 1.165) is 12.8 Å². The Morgan fingerprint density at radius 3 is 2.42 bits per heavy atom. The van der Waals surface area contributed by atoms with E-state index in [2.05, 4.69) is 26.7 Å². The van der Waals surface area contributed by atoms with Crippen molar-refractivity contribution in [3.63, 3.8) is 0 Å². The van der Waals surface area contributed by atoms with Gasteiger partial charge in [-0.2, -0.15) is 0 Å². The topological polar surface area (TPSA) is 0 Å². The van der Waals surface area contributed by atoms with E-state index in [9.17, 15) is 0 Å². The molecule has 2 atom stereocenters. The minimum Gasteiger partial charge on any atom is -0.103 e. The first-order valence-electron chi connectivity index (χ1n) is 4.66. The molecular weight excluding hydrogens is 144 g/mol. The molecule has 0 radical (unpaired) electrons. The van der Waals surface area contributed by atoms with Gasteiger partial charge in [0.05, 0.1) is 0 Å². The van der Waals surface area contributed by atoms with Gasteiger partial charge < -0.3 is 0 Å². The van der Waals surface area contributed by atoms with Crippen molar-refractivity contribution in [2.45, 2.75) is 26.2 Å². The van der Waals surface area contributed by atoms with Gasteiger partial charge in [0.25, 0.3) is 0 Å². The molecule has 1 rings (SSSR count). The summed E-state index contributed by atoms with van der Waals surface area (Å²) in [6, 6.07) is 0. The molecule has 0 saturated heterocycles. The third kappa shape index (κ3) is 1.52. The Kier molecular flexibility index (Phi) is 2.91. The average molecular weight is 162 g/mol. The molecule has 0 heterocycles. The third-order valence-corrected chi connectivity index (χ3v) is 2.85. The maximum absolute atomic E-state index is 4.09. The molecule has 1 fully saturated rings. The Bertz CT molecular complexity index is 210. The lowest BCUT2D eigenvalue weighted by Crippen LogP contribution is -2.07. The van der Waals surface area contributed by atoms with Crippen molar-refractivity contribution in [1.82, 2.24) is 0 Å². The zero-order valence-electron chi connectivity index (χ0n) is 7.97. The van der Waals surface area contributed by atoms with E-state index in [1.165, 1.54) is 17.6 Å². The summed E-state index contributed by atoms with van der Waals surface area (Å²) < 4.78 is 0. The largest absolute Gasteiger partial charge is 0.103 e. The zero-order valence-corrected chi connectivity index (χ0v) is 7.97. The maximum Gasteiger partial charge on any atom is -0.0103 e. The van der Waals surface area contributed by atoms with Gasteiger partial charge in [0.15, 0.2) is 0 Å². The van der Waals surface area contributed by atoms with Crippen molar-refractivity contribution in [3.8, 4) is 0 Å². The van der Waals surface area contributed by atoms with Crippen molar-refractivity contribution < 1.29 is 0 Å². The van der Waals surface area contributed by atoms with Gasteiger partial charge in [-0.25, -0.2) is 0 Å². The molecule has 66 valence electrons. The molecule has 1 saturated carbocycles. The molecule has 0 heteroatoms. The molecule has 0 spiro atoms. The van der Waals surface area contributed by atoms with Crippen LogP contribution < -0.4 is 0 Å². The average Bonchev–Trinajstić information content (AvgIpc) is 2.28. The Labute approximate surface area is 75.7 Å². The SMILES string of the molecule is C=CCC1C(=C)CC(=C)C1CC. The quantitative estimate of drug-likeness (QED) is 0.555. The van der Waals surface area contributed by atoms with Gasteiger partial charge in [0, 0.05) is 0 Å². The fourth-order valence-corrected chi connectivity index (χ4v) is 2.21. The molecule has 1 aliphatic rings. The minimum atomic E-state index is 0.625. The van der Waals surface area contributed by atoms with Crippen molar-refractivity contribution >= 4 is 0 Å². The van der Waals surface area contributed by atoms with Gasteiger partial charge in [0.1, 0.15) is 0 Å². The second kappa shape index (κ2) is 3.75. The van der Waals surface area contributed by atoms with Crippen LogP contribution >= 0.6 is 0 Å². The summed E-state index contributed by atoms with van der Waals surface area (Å²) >= 11 is 0. The molecule has 0 aromatic rings. The van der Waals surface area contributed by atoms with Crippen LogP contribution in [0.5, 0.6) is 0 Å². The van der Waals surface area contributed by atoms with Crippen LogP contribution in [-0.2, 0) is 0 Å². The number of rotatable bonds is 3. The monoisotopic (exact) mass is 162 g/mol. The molecule has 0 N–H and O–H groups in total. The van der Waals surface area contributed by atoms with E-state index in [1.807, 2.05) is 6.08 Å². The first-order valence-corrected chi connectivity index (χ1v) is 4.66. The van der Waals surface area contributed by atoms with Crippen molar-refractivity contribution in [2.24, 2.45) is 11.8 Å². The molecular formula is C12H18. The fourth-order valence-electron chi connectivity index (χ4n) is 2.21. The molecule has 0 aromatic heterocycles. The Hall–Kier alpha value is -0.780. The summed E-state index contributed by atoms with van der Waals surface area (Å²) in [7, 11) is 0. The summed E-state index contributed by atoms with van der Waals surface area (Å²) in [4.78, 5) is 0. The van der Waals surface area contributed by atoms with Crippen molar-refractivity contribution in [2.75, 3.05) is 0 Å². The summed E-state index contributed by atoms with van der Waals surface area (Å²) in [6.07, 6.45) is 5.29. The first kappa shape index (κ1) is 9.31. The van der Waals surface area contributed by atoms with E-state index in [1.54, 1.807) is 0 Å². The van der Waals surface area contributed by atoms with E-state index in [0.29, 0.717) is 11.8 Å². The molecule has 12 heavy (non-hydrogen) atoms. The molecule has 2 unspecified atom stereocenters. The smallest absolute Gasteiger partial charge is 0.0103 e. The number of allylic oxidation sites excluding steroid dienone is 3. The highest BCUT2D eigenvalue weighted by Gasteiger charge is 2.30. The van der Waals surface area contributed by atoms with Crippen molar-refractivity contribution in [3.05, 3.63) is 37.0 Å². The molecule has 0 aromatic carbocycles. The fraction of sp³-hybridized carbons (Fsp3) is 0.500. The summed E-state index contributed by atoms with van der Waals surface area (Å²) in [5, 5.41) is 0. The zero-order chi connectivity index (χ0) is 9.14. The Balaban J connectivity index is 2.74. The summed E-state index contributed by atoms with van der Waals surface area (Å²) in [6.45, 7) is 14.2. The normalized spacial score (nSPS) is 29.4. The van der Waals surface area contributed by atoms with Gasteiger partial charge >= 0.3 is 0 Å². The van der Waals surface area contributed by atoms with Crippen LogP contribution in [0.3, 0.4) is 0 Å². The first-order chi connectivity index (χ1) is 5.70. The predicted molar refractivity (Wildman–Crippen MR) is 55.0 cm³/mol. The highest BCUT2D eigenvalue weighted by atomic mass is 14.3. The second-order valence-electron chi connectivity index (χ2n) is 3.64. The van der Waals surface area contributed by atoms with Crippen LogP contribution in [0, 0.1) is 11.8 Å². The van der Waals surface area contributed by atoms with Gasteiger partial charge in [-0.3, -0.25) is 0 Å². The molecule has 0 nitrogen and oxygen atoms in total. The third-order valence-electron chi connectivity index (χ3n) is 2.85. The van der Waals surface area contributed by atoms with Crippen LogP contribution in [0.25, 0.3) is 0 Å². The van der Waals surface area contributed by atoms with Gasteiger partial charge in [-0.05, 0) is 31.1 Å². The lowest BCUT2D eigenvalue weighted by atomic mass is 9.88. The lowest BCUT2D eigenvalue weighted by Gasteiger charge is -2.17. The molecule has 0 amide bonds. The van der Waals surface area contributed by atoms with Crippen LogP contribution in [0.1, 0.15) is 26.2 Å². The highest BCUT2D eigenvalue weighted by Crippen LogP contribution is 2.42. The standard InChI is InChI=1S/C12H18/c1-5-7-12-10(4)8-9(3)11(12)6-2/h5,11-12H,1,3-4,6-8H2,2H3. The summed E-state index contributed by atoms with van der Waals surface area (Å²) in [5.41, 5.74) is 2.72. The lowest BCUT2D eigenvalue weighted by molar-refractivity contribution is 0.467. The van der Waals surface area contributed by atoms with E-state index >= 15 is 0 Å². The van der Waals surface area contributed by atoms with Crippen LogP contribution in [0.2, 0.25) is 0 Å². The van der Waals surface area contributed by atoms with E-state index in [4.69, 9.17) is 0 Å². The Morgan fingerprint density at radius 1 is 1.33 bits per heavy atom. The minimum absolute atomic E-state index is 0.625. The molecule has 0 aliphatic heterocycles. The molecule has 1 aliphatic carbocycles. The molecule has 0 bridgehead atoms. The van der Waals surface area contributed by atoms with Crippen LogP contribution in [0.15, 0.2) is 37.0 Å². The number of hydrogen-bond acceptors (Lipinski definition) is 0. The van der Waals surface area contributed by atoms with E-state index in [-0.39, 0.29) is 0 Å². The second-order valence-corrected chi connectivity index (χ2v) is 3.64. The van der Waals surface area contributed by atoms with Gasteiger partial charge in [0.2, 0.25) is 0 Å². The van der Waals surface area contributed by atoms with Crippen LogP contribution in [0.4, 0.5) is 0 Å². The van der Waals surface area contributed by atoms with Gasteiger partial charge in [-0.1, -0.05) is 37.3 Å². The highest BCUT2D eigenvalue weighted by molar-refractivity contribution is 5.26. The maximum atomic E-state index is 4.09.